The first-order valence-electron chi connectivity index (χ1n) is 7.62. The van der Waals surface area contributed by atoms with E-state index < -0.39 is 0 Å². The maximum Gasteiger partial charge on any atom is 0.182 e. The van der Waals surface area contributed by atoms with Crippen LogP contribution in [0, 0.1) is 19.3 Å². The zero-order chi connectivity index (χ0) is 15.0. The van der Waals surface area contributed by atoms with Gasteiger partial charge in [0.15, 0.2) is 5.82 Å². The van der Waals surface area contributed by atoms with Crippen LogP contribution in [-0.2, 0) is 6.54 Å². The zero-order valence-corrected chi connectivity index (χ0v) is 13.1. The van der Waals surface area contributed by atoms with Crippen molar-refractivity contribution >= 4 is 5.69 Å². The van der Waals surface area contributed by atoms with E-state index in [4.69, 9.17) is 5.73 Å². The molecule has 0 bridgehead atoms. The van der Waals surface area contributed by atoms with Gasteiger partial charge in [-0.05, 0) is 59.7 Å². The lowest BCUT2D eigenvalue weighted by atomic mass is 9.89. The molecule has 2 N–H and O–H groups in total. The van der Waals surface area contributed by atoms with Gasteiger partial charge in [0.1, 0.15) is 0 Å². The third-order valence-electron chi connectivity index (χ3n) is 4.73. The van der Waals surface area contributed by atoms with Crippen LogP contribution < -0.4 is 5.73 Å². The highest BCUT2D eigenvalue weighted by Crippen LogP contribution is 2.39. The molecule has 21 heavy (non-hydrogen) atoms. The van der Waals surface area contributed by atoms with Crippen LogP contribution in [0.4, 0.5) is 5.69 Å². The highest BCUT2D eigenvalue weighted by molar-refractivity contribution is 5.67. The molecule has 1 aliphatic rings. The second-order valence-electron chi connectivity index (χ2n) is 6.70. The highest BCUT2D eigenvalue weighted by Gasteiger charge is 2.30. The molecular weight excluding hydrogens is 262 g/mol. The Kier molecular flexibility index (Phi) is 3.43. The van der Waals surface area contributed by atoms with Crippen molar-refractivity contribution in [3.8, 4) is 11.4 Å². The number of nitrogen functional groups attached to an aromatic ring is 1. The van der Waals surface area contributed by atoms with Gasteiger partial charge in [-0.15, -0.1) is 5.10 Å². The fraction of sp³-hybridized carbons (Fsp3) is 0.562. The minimum Gasteiger partial charge on any atom is -0.398 e. The van der Waals surface area contributed by atoms with Crippen LogP contribution in [0.25, 0.3) is 11.4 Å². The van der Waals surface area contributed by atoms with E-state index in [9.17, 15) is 0 Å². The van der Waals surface area contributed by atoms with Gasteiger partial charge in [-0.1, -0.05) is 25.8 Å². The van der Waals surface area contributed by atoms with E-state index in [0.717, 1.165) is 34.7 Å². The van der Waals surface area contributed by atoms with E-state index in [0.29, 0.717) is 5.41 Å². The molecule has 0 spiro atoms. The van der Waals surface area contributed by atoms with Gasteiger partial charge >= 0.3 is 0 Å². The van der Waals surface area contributed by atoms with Crippen molar-refractivity contribution in [2.45, 2.75) is 53.0 Å². The Morgan fingerprint density at radius 1 is 1.19 bits per heavy atom. The summed E-state index contributed by atoms with van der Waals surface area (Å²) in [6, 6.07) is 4.09. The van der Waals surface area contributed by atoms with E-state index in [1.54, 1.807) is 0 Å². The minimum absolute atomic E-state index is 0.314. The predicted molar refractivity (Wildman–Crippen MR) is 83.7 cm³/mol. The van der Waals surface area contributed by atoms with E-state index in [-0.39, 0.29) is 0 Å². The van der Waals surface area contributed by atoms with Gasteiger partial charge in [-0.25, -0.2) is 4.68 Å². The molecule has 0 atom stereocenters. The first kappa shape index (κ1) is 14.0. The number of hydrogen-bond acceptors (Lipinski definition) is 4. The molecule has 5 nitrogen and oxygen atoms in total. The number of nitrogens with zero attached hydrogens (tertiary/aromatic N) is 4. The van der Waals surface area contributed by atoms with Crippen LogP contribution in [0.5, 0.6) is 0 Å². The van der Waals surface area contributed by atoms with E-state index in [1.165, 1.54) is 25.7 Å². The average molecular weight is 285 g/mol. The lowest BCUT2D eigenvalue weighted by molar-refractivity contribution is 0.267. The monoisotopic (exact) mass is 285 g/mol. The van der Waals surface area contributed by atoms with E-state index >= 15 is 0 Å². The molecule has 0 amide bonds. The Labute approximate surface area is 125 Å². The third kappa shape index (κ3) is 2.64. The quantitative estimate of drug-likeness (QED) is 0.880. The zero-order valence-electron chi connectivity index (χ0n) is 13.1. The molecule has 2 aromatic rings. The summed E-state index contributed by atoms with van der Waals surface area (Å²) in [5, 5.41) is 12.3. The molecule has 1 aromatic carbocycles. The molecule has 1 heterocycles. The summed E-state index contributed by atoms with van der Waals surface area (Å²) in [6.45, 7) is 7.32. The Morgan fingerprint density at radius 3 is 2.62 bits per heavy atom. The van der Waals surface area contributed by atoms with Crippen molar-refractivity contribution in [2.24, 2.45) is 5.41 Å². The molecular formula is C16H23N5. The summed E-state index contributed by atoms with van der Waals surface area (Å²) >= 11 is 0. The minimum atomic E-state index is 0.314. The van der Waals surface area contributed by atoms with Crippen LogP contribution in [0.15, 0.2) is 12.1 Å². The molecule has 112 valence electrons. The van der Waals surface area contributed by atoms with Crippen LogP contribution in [0.2, 0.25) is 0 Å². The number of hydrogen-bond donors (Lipinski definition) is 1. The maximum absolute atomic E-state index is 6.06. The Morgan fingerprint density at radius 2 is 1.90 bits per heavy atom. The van der Waals surface area contributed by atoms with Gasteiger partial charge < -0.3 is 5.73 Å². The van der Waals surface area contributed by atoms with Crippen LogP contribution in [0.3, 0.4) is 0 Å². The fourth-order valence-electron chi connectivity index (χ4n) is 3.36. The Bertz CT molecular complexity index is 653. The largest absolute Gasteiger partial charge is 0.398 e. The standard InChI is InChI=1S/C16H23N5/c1-11-8-12(2)14(17)9-13(11)15-18-19-20-21(15)10-16(3)6-4-5-7-16/h8-9H,4-7,10,17H2,1-3H3. The number of tetrazole rings is 1. The lowest BCUT2D eigenvalue weighted by Crippen LogP contribution is -2.21. The van der Waals surface area contributed by atoms with E-state index in [2.05, 4.69) is 35.4 Å². The highest BCUT2D eigenvalue weighted by atomic mass is 15.5. The first-order chi connectivity index (χ1) is 9.98. The van der Waals surface area contributed by atoms with Gasteiger partial charge in [0.2, 0.25) is 0 Å². The van der Waals surface area contributed by atoms with Crippen LogP contribution >= 0.6 is 0 Å². The van der Waals surface area contributed by atoms with Gasteiger partial charge in [-0.2, -0.15) is 0 Å². The number of aromatic nitrogens is 4. The molecule has 5 heteroatoms. The number of anilines is 1. The van der Waals surface area contributed by atoms with Gasteiger partial charge in [0.05, 0.1) is 6.54 Å². The predicted octanol–water partition coefficient (Wildman–Crippen LogP) is 3.12. The number of aryl methyl sites for hydroxylation is 2. The molecule has 0 unspecified atom stereocenters. The van der Waals surface area contributed by atoms with Gasteiger partial charge in [0, 0.05) is 11.3 Å². The molecule has 0 aliphatic heterocycles. The van der Waals surface area contributed by atoms with Gasteiger partial charge in [-0.3, -0.25) is 0 Å². The Balaban J connectivity index is 1.97. The molecule has 0 radical (unpaired) electrons. The second-order valence-corrected chi connectivity index (χ2v) is 6.70. The lowest BCUT2D eigenvalue weighted by Gasteiger charge is -2.23. The summed E-state index contributed by atoms with van der Waals surface area (Å²) in [5.41, 5.74) is 10.4. The smallest absolute Gasteiger partial charge is 0.182 e. The maximum atomic E-state index is 6.06. The summed E-state index contributed by atoms with van der Waals surface area (Å²) in [6.07, 6.45) is 5.12. The second kappa shape index (κ2) is 5.13. The van der Waals surface area contributed by atoms with Crippen molar-refractivity contribution < 1.29 is 0 Å². The van der Waals surface area contributed by atoms with Crippen molar-refractivity contribution in [1.29, 1.82) is 0 Å². The summed E-state index contributed by atoms with van der Waals surface area (Å²) in [5.74, 6) is 0.826. The molecule has 1 saturated carbocycles. The molecule has 1 aliphatic carbocycles. The topological polar surface area (TPSA) is 69.6 Å². The normalized spacial score (nSPS) is 17.3. The molecule has 3 rings (SSSR count). The van der Waals surface area contributed by atoms with Crippen LogP contribution in [-0.4, -0.2) is 20.2 Å². The Hall–Kier alpha value is -1.91. The van der Waals surface area contributed by atoms with Crippen LogP contribution in [0.1, 0.15) is 43.7 Å². The number of nitrogens with two attached hydrogens (primary N) is 1. The summed E-state index contributed by atoms with van der Waals surface area (Å²) in [7, 11) is 0. The first-order valence-corrected chi connectivity index (χ1v) is 7.62. The molecule has 1 aromatic heterocycles. The number of rotatable bonds is 3. The van der Waals surface area contributed by atoms with Gasteiger partial charge in [0.25, 0.3) is 0 Å². The van der Waals surface area contributed by atoms with Crippen molar-refractivity contribution in [3.63, 3.8) is 0 Å². The average Bonchev–Trinajstić information content (AvgIpc) is 3.04. The number of benzene rings is 1. The van der Waals surface area contributed by atoms with E-state index in [1.807, 2.05) is 17.7 Å². The third-order valence-corrected chi connectivity index (χ3v) is 4.73. The summed E-state index contributed by atoms with van der Waals surface area (Å²) < 4.78 is 1.95. The van der Waals surface area contributed by atoms with Crippen molar-refractivity contribution in [2.75, 3.05) is 5.73 Å². The van der Waals surface area contributed by atoms with Crippen molar-refractivity contribution in [3.05, 3.63) is 23.3 Å². The summed E-state index contributed by atoms with van der Waals surface area (Å²) in [4.78, 5) is 0. The SMILES string of the molecule is Cc1cc(C)c(-c2nnnn2CC2(C)CCCC2)cc1N. The molecule has 1 fully saturated rings. The fourth-order valence-corrected chi connectivity index (χ4v) is 3.36. The molecule has 0 saturated heterocycles. The van der Waals surface area contributed by atoms with Crippen molar-refractivity contribution in [1.82, 2.24) is 20.2 Å².